The number of likely N-dealkylation sites (tertiary alicyclic amines) is 1. The van der Waals surface area contributed by atoms with Gasteiger partial charge in [0.05, 0.1) is 18.7 Å². The summed E-state index contributed by atoms with van der Waals surface area (Å²) in [4.78, 5) is 27.3. The van der Waals surface area contributed by atoms with Crippen molar-refractivity contribution < 1.29 is 9.90 Å². The normalized spacial score (nSPS) is 15.8. The second kappa shape index (κ2) is 8.08. The van der Waals surface area contributed by atoms with Crippen molar-refractivity contribution in [2.45, 2.75) is 31.5 Å². The van der Waals surface area contributed by atoms with E-state index in [1.54, 1.807) is 29.4 Å². The summed E-state index contributed by atoms with van der Waals surface area (Å²) in [5, 5.41) is 19.5. The van der Waals surface area contributed by atoms with Gasteiger partial charge in [-0.3, -0.25) is 18.8 Å². The van der Waals surface area contributed by atoms with Crippen LogP contribution in [0.5, 0.6) is 0 Å². The summed E-state index contributed by atoms with van der Waals surface area (Å²) >= 11 is 0. The fourth-order valence-corrected chi connectivity index (χ4v) is 4.19. The molecule has 0 unspecified atom stereocenters. The van der Waals surface area contributed by atoms with E-state index in [-0.39, 0.29) is 18.0 Å². The minimum Gasteiger partial charge on any atom is -0.388 e. The molecule has 1 saturated heterocycles. The maximum Gasteiger partial charge on any atom is 0.277 e. The Morgan fingerprint density at radius 2 is 1.81 bits per heavy atom. The number of nitrogens with zero attached hydrogens (tertiary/aromatic N) is 6. The van der Waals surface area contributed by atoms with Crippen LogP contribution in [0.15, 0.2) is 72.2 Å². The number of hydrogen-bond acceptors (Lipinski definition) is 5. The van der Waals surface area contributed by atoms with Crippen molar-refractivity contribution >= 4 is 11.4 Å². The average Bonchev–Trinajstić information content (AvgIpc) is 3.49. The van der Waals surface area contributed by atoms with E-state index in [0.29, 0.717) is 43.6 Å². The van der Waals surface area contributed by atoms with Crippen molar-refractivity contribution in [2.75, 3.05) is 13.1 Å². The SMILES string of the molecule is O=C(c1ccc(Cn2cccn2)cc1)N1CCC(O)(Cn2cnn3cccc3c2=O)CC1. The van der Waals surface area contributed by atoms with Crippen LogP contribution >= 0.6 is 0 Å². The molecule has 4 heterocycles. The molecule has 4 aromatic rings. The summed E-state index contributed by atoms with van der Waals surface area (Å²) < 4.78 is 4.80. The van der Waals surface area contributed by atoms with Gasteiger partial charge in [0, 0.05) is 37.2 Å². The zero-order valence-electron chi connectivity index (χ0n) is 17.5. The molecule has 0 atom stereocenters. The van der Waals surface area contributed by atoms with Crippen LogP contribution in [-0.4, -0.2) is 58.6 Å². The van der Waals surface area contributed by atoms with Crippen molar-refractivity contribution in [3.05, 3.63) is 88.9 Å². The zero-order chi connectivity index (χ0) is 22.1. The van der Waals surface area contributed by atoms with Gasteiger partial charge in [0.2, 0.25) is 0 Å². The lowest BCUT2D eigenvalue weighted by Crippen LogP contribution is -2.49. The predicted molar refractivity (Wildman–Crippen MR) is 117 cm³/mol. The highest BCUT2D eigenvalue weighted by molar-refractivity contribution is 5.94. The molecule has 3 aromatic heterocycles. The number of piperidine rings is 1. The second-order valence-corrected chi connectivity index (χ2v) is 8.32. The van der Waals surface area contributed by atoms with Crippen molar-refractivity contribution in [1.82, 2.24) is 28.9 Å². The van der Waals surface area contributed by atoms with Crippen LogP contribution in [-0.2, 0) is 13.1 Å². The van der Waals surface area contributed by atoms with Gasteiger partial charge in [0.25, 0.3) is 11.5 Å². The maximum atomic E-state index is 12.9. The lowest BCUT2D eigenvalue weighted by Gasteiger charge is -2.38. The topological polar surface area (TPSA) is 97.7 Å². The molecule has 0 saturated carbocycles. The number of carbonyl (C=O) groups is 1. The molecule has 1 N–H and O–H groups in total. The Morgan fingerprint density at radius 1 is 1.03 bits per heavy atom. The first-order chi connectivity index (χ1) is 15.5. The molecule has 0 bridgehead atoms. The minimum atomic E-state index is -1.05. The van der Waals surface area contributed by atoms with Gasteiger partial charge in [-0.1, -0.05) is 12.1 Å². The summed E-state index contributed by atoms with van der Waals surface area (Å²) in [6.45, 7) is 1.67. The van der Waals surface area contributed by atoms with Crippen LogP contribution in [0.3, 0.4) is 0 Å². The molecule has 9 nitrogen and oxygen atoms in total. The van der Waals surface area contributed by atoms with Crippen LogP contribution in [0.2, 0.25) is 0 Å². The summed E-state index contributed by atoms with van der Waals surface area (Å²) in [7, 11) is 0. The van der Waals surface area contributed by atoms with Gasteiger partial charge in [-0.2, -0.15) is 10.2 Å². The number of benzene rings is 1. The maximum absolute atomic E-state index is 12.9. The molecule has 0 radical (unpaired) electrons. The molecule has 164 valence electrons. The van der Waals surface area contributed by atoms with Crippen LogP contribution in [0.1, 0.15) is 28.8 Å². The van der Waals surface area contributed by atoms with Gasteiger partial charge in [0.15, 0.2) is 0 Å². The van der Waals surface area contributed by atoms with Crippen molar-refractivity contribution in [3.63, 3.8) is 0 Å². The van der Waals surface area contributed by atoms with E-state index >= 15 is 0 Å². The predicted octanol–water partition coefficient (Wildman–Crippen LogP) is 1.41. The zero-order valence-corrected chi connectivity index (χ0v) is 17.5. The molecule has 9 heteroatoms. The van der Waals surface area contributed by atoms with E-state index in [4.69, 9.17) is 0 Å². The monoisotopic (exact) mass is 432 g/mol. The van der Waals surface area contributed by atoms with E-state index in [0.717, 1.165) is 5.56 Å². The second-order valence-electron chi connectivity index (χ2n) is 8.32. The fourth-order valence-electron chi connectivity index (χ4n) is 4.19. The number of hydrogen-bond donors (Lipinski definition) is 1. The lowest BCUT2D eigenvalue weighted by atomic mass is 9.91. The Balaban J connectivity index is 1.22. The minimum absolute atomic E-state index is 0.0499. The van der Waals surface area contributed by atoms with Gasteiger partial charge in [0.1, 0.15) is 11.8 Å². The molecule has 0 aliphatic carbocycles. The largest absolute Gasteiger partial charge is 0.388 e. The molecule has 1 amide bonds. The van der Waals surface area contributed by atoms with E-state index in [1.807, 2.05) is 41.2 Å². The highest BCUT2D eigenvalue weighted by Gasteiger charge is 2.35. The number of fused-ring (bicyclic) bond motifs is 1. The van der Waals surface area contributed by atoms with E-state index in [9.17, 15) is 14.7 Å². The first kappa shape index (κ1) is 20.2. The summed E-state index contributed by atoms with van der Waals surface area (Å²) in [6, 6.07) is 12.9. The first-order valence-corrected chi connectivity index (χ1v) is 10.6. The van der Waals surface area contributed by atoms with Crippen LogP contribution in [0.25, 0.3) is 5.52 Å². The van der Waals surface area contributed by atoms with Crippen LogP contribution in [0, 0.1) is 0 Å². The third kappa shape index (κ3) is 3.94. The first-order valence-electron chi connectivity index (χ1n) is 10.6. The Kier molecular flexibility index (Phi) is 5.10. The highest BCUT2D eigenvalue weighted by Crippen LogP contribution is 2.25. The molecule has 32 heavy (non-hydrogen) atoms. The van der Waals surface area contributed by atoms with Crippen LogP contribution in [0.4, 0.5) is 0 Å². The molecule has 1 aliphatic rings. The Morgan fingerprint density at radius 3 is 2.53 bits per heavy atom. The van der Waals surface area contributed by atoms with Crippen molar-refractivity contribution in [1.29, 1.82) is 0 Å². The fraction of sp³-hybridized carbons (Fsp3) is 0.304. The number of carbonyl (C=O) groups excluding carboxylic acids is 1. The van der Waals surface area contributed by atoms with E-state index in [2.05, 4.69) is 10.2 Å². The molecule has 1 fully saturated rings. The quantitative estimate of drug-likeness (QED) is 0.514. The Labute approximate surface area is 184 Å². The summed E-state index contributed by atoms with van der Waals surface area (Å²) in [6.07, 6.45) is 7.60. The smallest absolute Gasteiger partial charge is 0.277 e. The third-order valence-corrected chi connectivity index (χ3v) is 6.07. The van der Waals surface area contributed by atoms with Crippen molar-refractivity contribution in [2.24, 2.45) is 0 Å². The molecule has 1 aromatic carbocycles. The lowest BCUT2D eigenvalue weighted by molar-refractivity contribution is -0.0300. The summed E-state index contributed by atoms with van der Waals surface area (Å²) in [5.41, 5.74) is 0.920. The van der Waals surface area contributed by atoms with Gasteiger partial charge in [-0.25, -0.2) is 4.52 Å². The Bertz CT molecular complexity index is 1280. The van der Waals surface area contributed by atoms with Gasteiger partial charge >= 0.3 is 0 Å². The third-order valence-electron chi connectivity index (χ3n) is 6.07. The van der Waals surface area contributed by atoms with Gasteiger partial charge in [-0.15, -0.1) is 0 Å². The number of aromatic nitrogens is 5. The molecule has 1 aliphatic heterocycles. The number of amides is 1. The molecular weight excluding hydrogens is 408 g/mol. The molecular formula is C23H24N6O3. The van der Waals surface area contributed by atoms with Gasteiger partial charge in [-0.05, 0) is 48.7 Å². The average molecular weight is 432 g/mol. The van der Waals surface area contributed by atoms with E-state index in [1.165, 1.54) is 15.4 Å². The number of aliphatic hydroxyl groups is 1. The van der Waals surface area contributed by atoms with Gasteiger partial charge < -0.3 is 10.0 Å². The van der Waals surface area contributed by atoms with Crippen LogP contribution < -0.4 is 5.56 Å². The van der Waals surface area contributed by atoms with Crippen molar-refractivity contribution in [3.8, 4) is 0 Å². The number of rotatable bonds is 5. The molecule has 5 rings (SSSR count). The highest BCUT2D eigenvalue weighted by atomic mass is 16.3. The summed E-state index contributed by atoms with van der Waals surface area (Å²) in [5.74, 6) is -0.0499. The standard InChI is InChI=1S/C23H24N6O3/c30-21(19-6-4-18(5-7-19)15-28-11-2-10-24-28)26-13-8-23(32,9-14-26)16-27-17-25-29-12-1-3-20(29)22(27)31/h1-7,10-12,17,32H,8-9,13-16H2. The Hall–Kier alpha value is -3.72. The molecule has 0 spiro atoms. The van der Waals surface area contributed by atoms with E-state index < -0.39 is 5.60 Å².